The van der Waals surface area contributed by atoms with Gasteiger partial charge in [0.15, 0.2) is 5.43 Å². The third-order valence-corrected chi connectivity index (χ3v) is 4.57. The minimum atomic E-state index is -0.269. The van der Waals surface area contributed by atoms with Gasteiger partial charge in [-0.25, -0.2) is 9.07 Å². The summed E-state index contributed by atoms with van der Waals surface area (Å²) in [6, 6.07) is 11.6. The van der Waals surface area contributed by atoms with Crippen LogP contribution in [0, 0.1) is 5.82 Å². The van der Waals surface area contributed by atoms with E-state index >= 15 is 0 Å². The highest BCUT2D eigenvalue weighted by Gasteiger charge is 2.07. The predicted molar refractivity (Wildman–Crippen MR) is 88.7 cm³/mol. The van der Waals surface area contributed by atoms with Crippen LogP contribution in [-0.2, 0) is 6.54 Å². The molecule has 4 nitrogen and oxygen atoms in total. The van der Waals surface area contributed by atoms with Crippen molar-refractivity contribution < 1.29 is 4.39 Å². The summed E-state index contributed by atoms with van der Waals surface area (Å²) in [6.07, 6.45) is 3.63. The molecule has 23 heavy (non-hydrogen) atoms. The lowest BCUT2D eigenvalue weighted by Gasteiger charge is -2.06. The molecule has 0 N–H and O–H groups in total. The van der Waals surface area contributed by atoms with Crippen molar-refractivity contribution in [3.8, 4) is 5.69 Å². The van der Waals surface area contributed by atoms with Crippen molar-refractivity contribution in [1.82, 2.24) is 14.3 Å². The molecule has 3 aromatic heterocycles. The molecule has 0 aliphatic carbocycles. The molecule has 0 radical (unpaired) electrons. The van der Waals surface area contributed by atoms with E-state index in [-0.39, 0.29) is 11.2 Å². The molecule has 4 aromatic rings. The Morgan fingerprint density at radius 3 is 2.70 bits per heavy atom. The Kier molecular flexibility index (Phi) is 3.31. The Labute approximate surface area is 135 Å². The second-order valence-electron chi connectivity index (χ2n) is 5.17. The summed E-state index contributed by atoms with van der Waals surface area (Å²) >= 11 is 1.45. The van der Waals surface area contributed by atoms with Crippen LogP contribution in [0.4, 0.5) is 4.39 Å². The number of halogens is 1. The smallest absolute Gasteiger partial charge is 0.199 e. The van der Waals surface area contributed by atoms with Gasteiger partial charge in [0, 0.05) is 18.5 Å². The fourth-order valence-corrected chi connectivity index (χ4v) is 3.35. The molecular weight excluding hydrogens is 313 g/mol. The summed E-state index contributed by atoms with van der Waals surface area (Å²) in [5, 5.41) is 6.43. The van der Waals surface area contributed by atoms with Gasteiger partial charge in [0.2, 0.25) is 0 Å². The highest BCUT2D eigenvalue weighted by Crippen LogP contribution is 2.18. The van der Waals surface area contributed by atoms with Crippen molar-refractivity contribution in [3.63, 3.8) is 0 Å². The topological polar surface area (TPSA) is 39.8 Å². The number of thiophene rings is 1. The summed E-state index contributed by atoms with van der Waals surface area (Å²) in [6.45, 7) is 0.571. The molecule has 4 rings (SSSR count). The van der Waals surface area contributed by atoms with Gasteiger partial charge in [0.1, 0.15) is 5.82 Å². The molecule has 3 heterocycles. The number of hydrogen-bond acceptors (Lipinski definition) is 3. The van der Waals surface area contributed by atoms with Crippen LogP contribution < -0.4 is 5.43 Å². The number of benzene rings is 1. The first-order valence-electron chi connectivity index (χ1n) is 7.08. The number of fused-ring (bicyclic) bond motifs is 1. The van der Waals surface area contributed by atoms with E-state index < -0.39 is 0 Å². The lowest BCUT2D eigenvalue weighted by atomic mass is 10.3. The molecule has 1 aromatic carbocycles. The fourth-order valence-electron chi connectivity index (χ4n) is 2.52. The van der Waals surface area contributed by atoms with E-state index in [0.717, 1.165) is 21.6 Å². The van der Waals surface area contributed by atoms with Gasteiger partial charge in [-0.3, -0.25) is 4.79 Å². The van der Waals surface area contributed by atoms with Crippen LogP contribution in [0.1, 0.15) is 5.69 Å². The number of aromatic nitrogens is 3. The molecule has 0 amide bonds. The SMILES string of the molecule is O=c1ccn(Cc2ccn(-c3ccc(F)cc3)n2)c2ccsc12. The maximum absolute atomic E-state index is 13.0. The minimum absolute atomic E-state index is 0.0445. The fraction of sp³-hybridized carbons (Fsp3) is 0.0588. The van der Waals surface area contributed by atoms with Gasteiger partial charge in [-0.05, 0) is 41.8 Å². The van der Waals surface area contributed by atoms with Gasteiger partial charge in [0.05, 0.1) is 28.1 Å². The zero-order valence-electron chi connectivity index (χ0n) is 12.0. The minimum Gasteiger partial charge on any atom is -0.340 e. The van der Waals surface area contributed by atoms with Crippen molar-refractivity contribution >= 4 is 21.6 Å². The van der Waals surface area contributed by atoms with Crippen LogP contribution in [0.2, 0.25) is 0 Å². The van der Waals surface area contributed by atoms with Gasteiger partial charge in [0.25, 0.3) is 0 Å². The molecule has 0 unspecified atom stereocenters. The van der Waals surface area contributed by atoms with Gasteiger partial charge in [-0.15, -0.1) is 11.3 Å². The lowest BCUT2D eigenvalue weighted by Crippen LogP contribution is -2.07. The third-order valence-electron chi connectivity index (χ3n) is 3.65. The number of pyridine rings is 1. The molecule has 114 valence electrons. The van der Waals surface area contributed by atoms with Crippen molar-refractivity contribution in [3.05, 3.63) is 82.0 Å². The van der Waals surface area contributed by atoms with Crippen LogP contribution >= 0.6 is 11.3 Å². The molecule has 0 spiro atoms. The van der Waals surface area contributed by atoms with E-state index in [1.54, 1.807) is 29.1 Å². The average Bonchev–Trinajstić information content (AvgIpc) is 3.21. The molecule has 0 saturated carbocycles. The molecule has 0 fully saturated rings. The Balaban J connectivity index is 1.67. The summed E-state index contributed by atoms with van der Waals surface area (Å²) in [5.74, 6) is -0.269. The first kappa shape index (κ1) is 13.9. The van der Waals surface area contributed by atoms with Crippen LogP contribution in [0.25, 0.3) is 15.9 Å². The number of hydrogen-bond donors (Lipinski definition) is 0. The molecule has 6 heteroatoms. The van der Waals surface area contributed by atoms with E-state index in [4.69, 9.17) is 0 Å². The van der Waals surface area contributed by atoms with Crippen molar-refractivity contribution in [1.29, 1.82) is 0 Å². The second-order valence-corrected chi connectivity index (χ2v) is 6.09. The highest BCUT2D eigenvalue weighted by atomic mass is 32.1. The van der Waals surface area contributed by atoms with Crippen LogP contribution in [0.3, 0.4) is 0 Å². The molecule has 0 aliphatic heterocycles. The molecule has 0 saturated heterocycles. The van der Waals surface area contributed by atoms with E-state index in [9.17, 15) is 9.18 Å². The maximum atomic E-state index is 13.0. The van der Waals surface area contributed by atoms with E-state index in [1.807, 2.05) is 28.3 Å². The predicted octanol–water partition coefficient (Wildman–Crippen LogP) is 3.44. The summed E-state index contributed by atoms with van der Waals surface area (Å²) in [7, 11) is 0. The first-order chi connectivity index (χ1) is 11.2. The maximum Gasteiger partial charge on any atom is 0.199 e. The Bertz CT molecular complexity index is 1030. The summed E-state index contributed by atoms with van der Waals surface area (Å²) in [4.78, 5) is 11.8. The number of rotatable bonds is 3. The Morgan fingerprint density at radius 1 is 1.04 bits per heavy atom. The molecular formula is C17H12FN3OS. The van der Waals surface area contributed by atoms with E-state index in [1.165, 1.54) is 23.5 Å². The van der Waals surface area contributed by atoms with Gasteiger partial charge in [-0.1, -0.05) is 0 Å². The van der Waals surface area contributed by atoms with Crippen molar-refractivity contribution in [2.45, 2.75) is 6.54 Å². The van der Waals surface area contributed by atoms with Gasteiger partial charge < -0.3 is 4.57 Å². The number of nitrogens with zero attached hydrogens (tertiary/aromatic N) is 3. The molecule has 0 bridgehead atoms. The zero-order chi connectivity index (χ0) is 15.8. The van der Waals surface area contributed by atoms with Gasteiger partial charge in [-0.2, -0.15) is 5.10 Å². The van der Waals surface area contributed by atoms with Gasteiger partial charge >= 0.3 is 0 Å². The largest absolute Gasteiger partial charge is 0.340 e. The zero-order valence-corrected chi connectivity index (χ0v) is 12.8. The monoisotopic (exact) mass is 325 g/mol. The van der Waals surface area contributed by atoms with Crippen LogP contribution in [-0.4, -0.2) is 14.3 Å². The lowest BCUT2D eigenvalue weighted by molar-refractivity contribution is 0.627. The van der Waals surface area contributed by atoms with E-state index in [0.29, 0.717) is 6.54 Å². The second kappa shape index (κ2) is 5.48. The quantitative estimate of drug-likeness (QED) is 0.579. The standard InChI is InChI=1S/C17H12FN3OS/c18-12-1-3-14(4-2-12)21-9-5-13(19-21)11-20-8-6-16(22)17-15(20)7-10-23-17/h1-10H,11H2. The highest BCUT2D eigenvalue weighted by molar-refractivity contribution is 7.17. The Morgan fingerprint density at radius 2 is 1.87 bits per heavy atom. The summed E-state index contributed by atoms with van der Waals surface area (Å²) < 4.78 is 17.5. The van der Waals surface area contributed by atoms with Crippen LogP contribution in [0.15, 0.2) is 65.0 Å². The molecule has 0 atom stereocenters. The average molecular weight is 325 g/mol. The Hall–Kier alpha value is -2.73. The van der Waals surface area contributed by atoms with Crippen molar-refractivity contribution in [2.75, 3.05) is 0 Å². The molecule has 0 aliphatic rings. The van der Waals surface area contributed by atoms with E-state index in [2.05, 4.69) is 5.10 Å². The first-order valence-corrected chi connectivity index (χ1v) is 7.96. The van der Waals surface area contributed by atoms with Crippen LogP contribution in [0.5, 0.6) is 0 Å². The van der Waals surface area contributed by atoms with Crippen molar-refractivity contribution in [2.24, 2.45) is 0 Å². The summed E-state index contributed by atoms with van der Waals surface area (Å²) in [5.41, 5.74) is 2.63. The normalized spacial score (nSPS) is 11.2. The third kappa shape index (κ3) is 2.57.